The molecule has 96 valence electrons. The normalized spacial score (nSPS) is 12.7. The maximum atomic E-state index is 5.46. The summed E-state index contributed by atoms with van der Waals surface area (Å²) in [6.45, 7) is 2.14. The third-order valence-corrected chi connectivity index (χ3v) is 4.20. The molecule has 0 bridgehead atoms. The molecule has 0 radical (unpaired) electrons. The van der Waals surface area contributed by atoms with Crippen molar-refractivity contribution in [3.8, 4) is 0 Å². The highest BCUT2D eigenvalue weighted by Crippen LogP contribution is 2.24. The average Bonchev–Trinajstić information content (AvgIpc) is 2.74. The zero-order chi connectivity index (χ0) is 13.4. The molecule has 0 spiro atoms. The Morgan fingerprint density at radius 1 is 1.37 bits per heavy atom. The molecule has 0 aliphatic carbocycles. The van der Waals surface area contributed by atoms with Crippen LogP contribution >= 0.6 is 34.8 Å². The number of halogens is 1. The molecule has 0 saturated heterocycles. The number of H-pyrrole nitrogens is 1. The molecule has 2 aromatic heterocycles. The van der Waals surface area contributed by atoms with E-state index in [4.69, 9.17) is 12.2 Å². The Morgan fingerprint density at radius 2 is 2.21 bits per heavy atom. The molecule has 1 atom stereocenters. The first-order chi connectivity index (χ1) is 9.16. The van der Waals surface area contributed by atoms with E-state index >= 15 is 0 Å². The Hall–Kier alpha value is -1.21. The molecule has 0 saturated carbocycles. The number of aromatic amines is 1. The van der Waals surface area contributed by atoms with Gasteiger partial charge in [-0.3, -0.25) is 4.98 Å². The maximum absolute atomic E-state index is 5.46. The van der Waals surface area contributed by atoms with Crippen molar-refractivity contribution in [1.29, 1.82) is 0 Å². The summed E-state index contributed by atoms with van der Waals surface area (Å²) < 4.78 is 4.08. The molecule has 2 heterocycles. The first kappa shape index (κ1) is 12.8. The number of pyridine rings is 1. The van der Waals surface area contributed by atoms with Crippen molar-refractivity contribution in [1.82, 2.24) is 14.5 Å². The van der Waals surface area contributed by atoms with Gasteiger partial charge in [-0.25, -0.2) is 0 Å². The zero-order valence-electron chi connectivity index (χ0n) is 10.3. The van der Waals surface area contributed by atoms with Gasteiger partial charge < -0.3 is 9.55 Å². The lowest BCUT2D eigenvalue weighted by Gasteiger charge is -2.14. The number of hydrogen-bond donors (Lipinski definition) is 1. The smallest absolute Gasteiger partial charge is 0.178 e. The lowest BCUT2D eigenvalue weighted by molar-refractivity contribution is 0.646. The highest BCUT2D eigenvalue weighted by Gasteiger charge is 2.13. The van der Waals surface area contributed by atoms with Crippen LogP contribution in [-0.4, -0.2) is 14.5 Å². The summed E-state index contributed by atoms with van der Waals surface area (Å²) in [5, 5.41) is 0. The van der Waals surface area contributed by atoms with Crippen molar-refractivity contribution in [3.63, 3.8) is 0 Å². The number of fused-ring (bicyclic) bond motifs is 1. The fraction of sp³-hybridized carbons (Fsp3) is 0.143. The number of imidazole rings is 1. The maximum Gasteiger partial charge on any atom is 0.178 e. The minimum absolute atomic E-state index is 0.162. The van der Waals surface area contributed by atoms with Crippen LogP contribution in [0.1, 0.15) is 18.5 Å². The van der Waals surface area contributed by atoms with E-state index in [0.29, 0.717) is 0 Å². The predicted molar refractivity (Wildman–Crippen MR) is 87.9 cm³/mol. The van der Waals surface area contributed by atoms with Crippen LogP contribution in [0.15, 0.2) is 42.7 Å². The second-order valence-electron chi connectivity index (χ2n) is 4.42. The molecule has 3 aromatic rings. The Kier molecular flexibility index (Phi) is 3.40. The summed E-state index contributed by atoms with van der Waals surface area (Å²) in [7, 11) is 0. The molecule has 5 heteroatoms. The van der Waals surface area contributed by atoms with Crippen molar-refractivity contribution < 1.29 is 0 Å². The number of hydrogen-bond acceptors (Lipinski definition) is 2. The van der Waals surface area contributed by atoms with Gasteiger partial charge in [0.25, 0.3) is 0 Å². The van der Waals surface area contributed by atoms with Gasteiger partial charge in [0, 0.05) is 16.0 Å². The van der Waals surface area contributed by atoms with Crippen LogP contribution in [0.4, 0.5) is 0 Å². The molecular weight excluding hydrogens is 369 g/mol. The molecule has 0 amide bonds. The van der Waals surface area contributed by atoms with Crippen LogP contribution < -0.4 is 0 Å². The Labute approximate surface area is 129 Å². The van der Waals surface area contributed by atoms with E-state index < -0.39 is 0 Å². The van der Waals surface area contributed by atoms with Gasteiger partial charge in [0.05, 0.1) is 17.1 Å². The van der Waals surface area contributed by atoms with Crippen LogP contribution in [0.2, 0.25) is 0 Å². The van der Waals surface area contributed by atoms with Crippen molar-refractivity contribution in [2.45, 2.75) is 13.0 Å². The van der Waals surface area contributed by atoms with Gasteiger partial charge in [-0.05, 0) is 71.6 Å². The van der Waals surface area contributed by atoms with Crippen molar-refractivity contribution >= 4 is 45.8 Å². The van der Waals surface area contributed by atoms with Crippen LogP contribution in [0.5, 0.6) is 0 Å². The standard InChI is InChI=1S/C14H12IN3S/c1-9(10-3-2-6-16-8-10)18-13-5-4-11(15)7-12(13)17-14(18)19/h2-9H,1H3,(H,17,19). The molecule has 3 nitrogen and oxygen atoms in total. The second-order valence-corrected chi connectivity index (χ2v) is 6.06. The molecule has 3 rings (SSSR count). The van der Waals surface area contributed by atoms with Crippen LogP contribution in [0, 0.1) is 8.34 Å². The van der Waals surface area contributed by atoms with Gasteiger partial charge in [0.1, 0.15) is 0 Å². The number of benzene rings is 1. The van der Waals surface area contributed by atoms with Crippen molar-refractivity contribution in [3.05, 3.63) is 56.6 Å². The van der Waals surface area contributed by atoms with E-state index in [1.54, 1.807) is 6.20 Å². The summed E-state index contributed by atoms with van der Waals surface area (Å²) in [6, 6.07) is 10.5. The minimum atomic E-state index is 0.162. The number of nitrogens with one attached hydrogen (secondary N) is 1. The lowest BCUT2D eigenvalue weighted by Crippen LogP contribution is -2.06. The third-order valence-electron chi connectivity index (χ3n) is 3.23. The topological polar surface area (TPSA) is 33.6 Å². The first-order valence-corrected chi connectivity index (χ1v) is 7.45. The molecule has 1 aromatic carbocycles. The van der Waals surface area contributed by atoms with Crippen molar-refractivity contribution in [2.24, 2.45) is 0 Å². The Morgan fingerprint density at radius 3 is 2.95 bits per heavy atom. The molecule has 1 N–H and O–H groups in total. The quantitative estimate of drug-likeness (QED) is 0.530. The first-order valence-electron chi connectivity index (χ1n) is 5.96. The molecule has 0 fully saturated rings. The van der Waals surface area contributed by atoms with E-state index in [1.165, 1.54) is 3.57 Å². The van der Waals surface area contributed by atoms with E-state index in [-0.39, 0.29) is 6.04 Å². The van der Waals surface area contributed by atoms with E-state index in [0.717, 1.165) is 21.4 Å². The summed E-state index contributed by atoms with van der Waals surface area (Å²) >= 11 is 7.76. The summed E-state index contributed by atoms with van der Waals surface area (Å²) in [4.78, 5) is 7.45. The molecule has 1 unspecified atom stereocenters. The number of rotatable bonds is 2. The fourth-order valence-corrected chi connectivity index (χ4v) is 3.12. The summed E-state index contributed by atoms with van der Waals surface area (Å²) in [5.41, 5.74) is 3.35. The van der Waals surface area contributed by atoms with E-state index in [1.807, 2.05) is 12.3 Å². The minimum Gasteiger partial charge on any atom is -0.331 e. The highest BCUT2D eigenvalue weighted by molar-refractivity contribution is 14.1. The highest BCUT2D eigenvalue weighted by atomic mass is 127. The van der Waals surface area contributed by atoms with Crippen molar-refractivity contribution in [2.75, 3.05) is 0 Å². The van der Waals surface area contributed by atoms with Crippen LogP contribution in [0.25, 0.3) is 11.0 Å². The zero-order valence-corrected chi connectivity index (χ0v) is 13.3. The monoisotopic (exact) mass is 381 g/mol. The van der Waals surface area contributed by atoms with Gasteiger partial charge in [-0.15, -0.1) is 0 Å². The van der Waals surface area contributed by atoms with Crippen LogP contribution in [0.3, 0.4) is 0 Å². The number of nitrogens with zero attached hydrogens (tertiary/aromatic N) is 2. The summed E-state index contributed by atoms with van der Waals surface area (Å²) in [6.07, 6.45) is 3.67. The SMILES string of the molecule is CC(c1cccnc1)n1c(=S)[nH]c2cc(I)ccc21. The van der Waals surface area contributed by atoms with Gasteiger partial charge in [0.15, 0.2) is 4.77 Å². The molecular formula is C14H12IN3S. The summed E-state index contributed by atoms with van der Waals surface area (Å²) in [5.74, 6) is 0. The second kappa shape index (κ2) is 5.05. The molecule has 19 heavy (non-hydrogen) atoms. The van der Waals surface area contributed by atoms with E-state index in [9.17, 15) is 0 Å². The Bertz CT molecular complexity index is 776. The van der Waals surface area contributed by atoms with E-state index in [2.05, 4.69) is 68.3 Å². The van der Waals surface area contributed by atoms with Gasteiger partial charge in [-0.2, -0.15) is 0 Å². The predicted octanol–water partition coefficient (Wildman–Crippen LogP) is 4.31. The fourth-order valence-electron chi connectivity index (χ4n) is 2.26. The third kappa shape index (κ3) is 2.32. The number of aromatic nitrogens is 3. The van der Waals surface area contributed by atoms with Gasteiger partial charge in [-0.1, -0.05) is 6.07 Å². The molecule has 0 aliphatic heterocycles. The largest absolute Gasteiger partial charge is 0.331 e. The van der Waals surface area contributed by atoms with Gasteiger partial charge >= 0.3 is 0 Å². The van der Waals surface area contributed by atoms with Gasteiger partial charge in [0.2, 0.25) is 0 Å². The molecule has 0 aliphatic rings. The Balaban J connectivity index is 2.20. The average molecular weight is 381 g/mol. The van der Waals surface area contributed by atoms with Crippen LogP contribution in [-0.2, 0) is 0 Å². The lowest BCUT2D eigenvalue weighted by atomic mass is 10.1.